The highest BCUT2D eigenvalue weighted by molar-refractivity contribution is 4.99. The van der Waals surface area contributed by atoms with Crippen LogP contribution in [0, 0.1) is 29.6 Å². The summed E-state index contributed by atoms with van der Waals surface area (Å²) in [6.07, 6.45) is 12.7. The Kier molecular flexibility index (Phi) is 3.15. The van der Waals surface area contributed by atoms with Gasteiger partial charge in [0, 0.05) is 12.1 Å². The number of nitrogens with two attached hydrogens (primary N) is 1. The molecule has 2 N–H and O–H groups in total. The average molecular weight is 263 g/mol. The largest absolute Gasteiger partial charge is 0.380 e. The van der Waals surface area contributed by atoms with E-state index >= 15 is 0 Å². The zero-order chi connectivity index (χ0) is 12.9. The molecule has 0 radical (unpaired) electrons. The minimum atomic E-state index is 0.00686. The molecule has 2 heteroatoms. The lowest BCUT2D eigenvalue weighted by Crippen LogP contribution is -2.49. The molecule has 2 nitrogen and oxygen atoms in total. The summed E-state index contributed by atoms with van der Waals surface area (Å²) in [5.74, 6) is 5.33. The Labute approximate surface area is 117 Å². The van der Waals surface area contributed by atoms with Gasteiger partial charge >= 0.3 is 0 Å². The molecule has 4 aliphatic carbocycles. The predicted molar refractivity (Wildman–Crippen MR) is 76.7 cm³/mol. The molecule has 19 heavy (non-hydrogen) atoms. The van der Waals surface area contributed by atoms with E-state index in [2.05, 4.69) is 0 Å². The van der Waals surface area contributed by atoms with Crippen molar-refractivity contribution in [2.24, 2.45) is 35.3 Å². The molecule has 4 bridgehead atoms. The summed E-state index contributed by atoms with van der Waals surface area (Å²) < 4.78 is 5.62. The van der Waals surface area contributed by atoms with Crippen LogP contribution < -0.4 is 5.73 Å². The Bertz CT molecular complexity index is 306. The first-order chi connectivity index (χ1) is 9.22. The molecule has 1 atom stereocenters. The molecule has 108 valence electrons. The van der Waals surface area contributed by atoms with E-state index in [1.54, 1.807) is 32.1 Å². The van der Waals surface area contributed by atoms with Gasteiger partial charge in [0.2, 0.25) is 0 Å². The lowest BCUT2D eigenvalue weighted by molar-refractivity contribution is -0.0466. The summed E-state index contributed by atoms with van der Waals surface area (Å²) in [6.45, 7) is 1.73. The normalized spacial score (nSPS) is 52.6. The zero-order valence-corrected chi connectivity index (χ0v) is 12.2. The van der Waals surface area contributed by atoms with Gasteiger partial charge in [0.15, 0.2) is 0 Å². The maximum absolute atomic E-state index is 6.54. The lowest BCUT2D eigenvalue weighted by atomic mass is 9.51. The second-order valence-electron chi connectivity index (χ2n) is 8.15. The molecule has 5 rings (SSSR count). The molecule has 5 aliphatic rings. The molecule has 0 spiro atoms. The van der Waals surface area contributed by atoms with E-state index in [1.807, 2.05) is 0 Å². The van der Waals surface area contributed by atoms with E-state index in [9.17, 15) is 0 Å². The molecule has 0 amide bonds. The summed E-state index contributed by atoms with van der Waals surface area (Å²) in [5.41, 5.74) is 6.54. The number of rotatable bonds is 3. The van der Waals surface area contributed by atoms with Crippen molar-refractivity contribution in [3.05, 3.63) is 0 Å². The van der Waals surface area contributed by atoms with Gasteiger partial charge < -0.3 is 10.5 Å². The minimum absolute atomic E-state index is 0.00686. The number of ether oxygens (including phenoxy) is 1. The van der Waals surface area contributed by atoms with Gasteiger partial charge in [0.05, 0.1) is 6.61 Å². The molecule has 5 fully saturated rings. The van der Waals surface area contributed by atoms with E-state index in [1.165, 1.54) is 19.3 Å². The van der Waals surface area contributed by atoms with Gasteiger partial charge in [-0.1, -0.05) is 0 Å². The molecule has 1 saturated heterocycles. The Morgan fingerprint density at radius 1 is 1.00 bits per heavy atom. The van der Waals surface area contributed by atoms with E-state index in [0.717, 1.165) is 49.2 Å². The van der Waals surface area contributed by atoms with E-state index < -0.39 is 0 Å². The van der Waals surface area contributed by atoms with Crippen molar-refractivity contribution < 1.29 is 4.74 Å². The van der Waals surface area contributed by atoms with Gasteiger partial charge in [-0.2, -0.15) is 0 Å². The second-order valence-corrected chi connectivity index (χ2v) is 8.15. The topological polar surface area (TPSA) is 35.2 Å². The zero-order valence-electron chi connectivity index (χ0n) is 12.2. The van der Waals surface area contributed by atoms with Crippen LogP contribution in [0.3, 0.4) is 0 Å². The lowest BCUT2D eigenvalue weighted by Gasteiger charge is -2.55. The Morgan fingerprint density at radius 2 is 1.68 bits per heavy atom. The quantitative estimate of drug-likeness (QED) is 0.847. The van der Waals surface area contributed by atoms with Crippen LogP contribution in [0.1, 0.15) is 57.8 Å². The molecule has 1 aliphatic heterocycles. The molecule has 0 aromatic rings. The van der Waals surface area contributed by atoms with Crippen LogP contribution in [0.4, 0.5) is 0 Å². The maximum atomic E-state index is 6.54. The highest BCUT2D eigenvalue weighted by Gasteiger charge is 2.48. The van der Waals surface area contributed by atoms with E-state index in [4.69, 9.17) is 10.5 Å². The average Bonchev–Trinajstić information content (AvgIpc) is 2.38. The summed E-state index contributed by atoms with van der Waals surface area (Å²) in [5, 5.41) is 0. The van der Waals surface area contributed by atoms with Crippen LogP contribution in [0.5, 0.6) is 0 Å². The Balaban J connectivity index is 1.38. The van der Waals surface area contributed by atoms with Gasteiger partial charge in [0.1, 0.15) is 0 Å². The van der Waals surface area contributed by atoms with Crippen LogP contribution in [-0.4, -0.2) is 18.8 Å². The van der Waals surface area contributed by atoms with Crippen LogP contribution >= 0.6 is 0 Å². The number of hydrogen-bond acceptors (Lipinski definition) is 2. The van der Waals surface area contributed by atoms with Crippen molar-refractivity contribution in [2.75, 3.05) is 13.2 Å². The summed E-state index contributed by atoms with van der Waals surface area (Å²) >= 11 is 0. The highest BCUT2D eigenvalue weighted by Crippen LogP contribution is 2.57. The number of hydrogen-bond donors (Lipinski definition) is 1. The summed E-state index contributed by atoms with van der Waals surface area (Å²) in [4.78, 5) is 0. The van der Waals surface area contributed by atoms with Crippen LogP contribution in [0.15, 0.2) is 0 Å². The first-order valence-corrected chi connectivity index (χ1v) is 8.58. The predicted octanol–water partition coefficient (Wildman–Crippen LogP) is 3.35. The first kappa shape index (κ1) is 12.6. The maximum Gasteiger partial charge on any atom is 0.0646 e. The van der Waals surface area contributed by atoms with Crippen molar-refractivity contribution in [2.45, 2.75) is 63.3 Å². The Morgan fingerprint density at radius 3 is 2.26 bits per heavy atom. The van der Waals surface area contributed by atoms with Crippen molar-refractivity contribution in [1.82, 2.24) is 0 Å². The third kappa shape index (κ3) is 2.35. The third-order valence-corrected chi connectivity index (χ3v) is 6.75. The monoisotopic (exact) mass is 263 g/mol. The van der Waals surface area contributed by atoms with Gasteiger partial charge in [-0.05, 0) is 87.4 Å². The van der Waals surface area contributed by atoms with Gasteiger partial charge in [-0.25, -0.2) is 0 Å². The van der Waals surface area contributed by atoms with Gasteiger partial charge in [-0.3, -0.25) is 0 Å². The fourth-order valence-electron chi connectivity index (χ4n) is 6.03. The van der Waals surface area contributed by atoms with Crippen molar-refractivity contribution in [3.63, 3.8) is 0 Å². The van der Waals surface area contributed by atoms with Crippen LogP contribution in [0.2, 0.25) is 0 Å². The molecule has 0 aromatic carbocycles. The minimum Gasteiger partial charge on any atom is -0.380 e. The smallest absolute Gasteiger partial charge is 0.0646 e. The van der Waals surface area contributed by atoms with E-state index in [-0.39, 0.29) is 5.54 Å². The molecule has 1 unspecified atom stereocenters. The fourth-order valence-corrected chi connectivity index (χ4v) is 6.03. The van der Waals surface area contributed by atoms with Gasteiger partial charge in [0.25, 0.3) is 0 Å². The van der Waals surface area contributed by atoms with Crippen molar-refractivity contribution in [3.8, 4) is 0 Å². The molecule has 1 heterocycles. The van der Waals surface area contributed by atoms with Crippen LogP contribution in [0.25, 0.3) is 0 Å². The van der Waals surface area contributed by atoms with E-state index in [0.29, 0.717) is 0 Å². The highest BCUT2D eigenvalue weighted by atomic mass is 16.5. The third-order valence-electron chi connectivity index (χ3n) is 6.75. The fraction of sp³-hybridized carbons (Fsp3) is 1.00. The van der Waals surface area contributed by atoms with Gasteiger partial charge in [-0.15, -0.1) is 0 Å². The van der Waals surface area contributed by atoms with Crippen molar-refractivity contribution >= 4 is 0 Å². The van der Waals surface area contributed by atoms with Crippen molar-refractivity contribution in [1.29, 1.82) is 0 Å². The molecule has 4 saturated carbocycles. The first-order valence-electron chi connectivity index (χ1n) is 8.58. The second kappa shape index (κ2) is 4.73. The SMILES string of the molecule is NC1(CCC2C3CC4CC(C3)CC2C4)CCCOC1. The standard InChI is InChI=1S/C17H29NO/c18-17(3-1-5-19-11-17)4-2-16-14-7-12-6-13(9-14)10-15(16)8-12/h12-16H,1-11,18H2. The van der Waals surface area contributed by atoms with Crippen LogP contribution in [-0.2, 0) is 4.74 Å². The summed E-state index contributed by atoms with van der Waals surface area (Å²) in [7, 11) is 0. The molecular formula is C17H29NO. The Hall–Kier alpha value is -0.0800. The molecule has 0 aromatic heterocycles. The molecular weight excluding hydrogens is 234 g/mol. The summed E-state index contributed by atoms with van der Waals surface area (Å²) in [6, 6.07) is 0.